The van der Waals surface area contributed by atoms with E-state index in [0.717, 1.165) is 6.61 Å². The zero-order chi connectivity index (χ0) is 13.4. The van der Waals surface area contributed by atoms with Gasteiger partial charge in [-0.2, -0.15) is 0 Å². The van der Waals surface area contributed by atoms with Gasteiger partial charge in [0.25, 0.3) is 0 Å². The van der Waals surface area contributed by atoms with E-state index in [-0.39, 0.29) is 12.1 Å². The van der Waals surface area contributed by atoms with Gasteiger partial charge in [0.2, 0.25) is 0 Å². The molecule has 2 N–H and O–H groups in total. The first-order valence-electron chi connectivity index (χ1n) is 7.59. The van der Waals surface area contributed by atoms with Crippen LogP contribution in [0.15, 0.2) is 0 Å². The zero-order valence-electron chi connectivity index (χ0n) is 12.4. The van der Waals surface area contributed by atoms with Crippen molar-refractivity contribution in [3.63, 3.8) is 0 Å². The Hall–Kier alpha value is -0.120. The van der Waals surface area contributed by atoms with Crippen LogP contribution in [0.1, 0.15) is 52.4 Å². The summed E-state index contributed by atoms with van der Waals surface area (Å²) in [6, 6.07) is 0. The van der Waals surface area contributed by atoms with E-state index >= 15 is 0 Å². The molecule has 0 bridgehead atoms. The third-order valence-corrected chi connectivity index (χ3v) is 4.40. The van der Waals surface area contributed by atoms with Crippen molar-refractivity contribution in [2.24, 2.45) is 11.8 Å². The number of nitrogens with one attached hydrogen (secondary N) is 1. The van der Waals surface area contributed by atoms with Crippen LogP contribution in [-0.2, 0) is 4.74 Å². The molecule has 2 atom stereocenters. The maximum atomic E-state index is 9.61. The van der Waals surface area contributed by atoms with Crippen molar-refractivity contribution in [1.82, 2.24) is 5.32 Å². The Labute approximate surface area is 112 Å². The molecule has 0 saturated heterocycles. The van der Waals surface area contributed by atoms with E-state index < -0.39 is 0 Å². The molecule has 0 heterocycles. The monoisotopic (exact) mass is 257 g/mol. The van der Waals surface area contributed by atoms with Crippen LogP contribution in [0.25, 0.3) is 0 Å². The van der Waals surface area contributed by atoms with E-state index in [0.29, 0.717) is 18.4 Å². The van der Waals surface area contributed by atoms with Gasteiger partial charge in [0.1, 0.15) is 0 Å². The van der Waals surface area contributed by atoms with Gasteiger partial charge >= 0.3 is 0 Å². The number of likely N-dealkylation sites (N-methyl/N-ethyl adjacent to an activating group) is 1. The normalized spacial score (nSPS) is 20.7. The van der Waals surface area contributed by atoms with Gasteiger partial charge in [0.15, 0.2) is 0 Å². The summed E-state index contributed by atoms with van der Waals surface area (Å²) in [6.07, 6.45) is 7.45. The summed E-state index contributed by atoms with van der Waals surface area (Å²) in [4.78, 5) is 0. The number of ether oxygens (including phenoxy) is 1. The first-order valence-corrected chi connectivity index (χ1v) is 7.59. The third kappa shape index (κ3) is 4.52. The van der Waals surface area contributed by atoms with Crippen molar-refractivity contribution in [1.29, 1.82) is 0 Å². The summed E-state index contributed by atoms with van der Waals surface area (Å²) in [7, 11) is 1.94. The summed E-state index contributed by atoms with van der Waals surface area (Å²) in [5.41, 5.74) is -0.191. The van der Waals surface area contributed by atoms with Gasteiger partial charge in [0, 0.05) is 6.61 Å². The van der Waals surface area contributed by atoms with E-state index in [4.69, 9.17) is 4.74 Å². The lowest BCUT2D eigenvalue weighted by Gasteiger charge is -2.32. The van der Waals surface area contributed by atoms with Gasteiger partial charge in [-0.25, -0.2) is 0 Å². The van der Waals surface area contributed by atoms with Crippen LogP contribution in [-0.4, -0.2) is 37.5 Å². The van der Waals surface area contributed by atoms with Crippen LogP contribution in [0.2, 0.25) is 0 Å². The van der Waals surface area contributed by atoms with Crippen molar-refractivity contribution in [3.8, 4) is 0 Å². The molecule has 108 valence electrons. The Morgan fingerprint density at radius 1 is 1.39 bits per heavy atom. The lowest BCUT2D eigenvalue weighted by molar-refractivity contribution is 0.0114. The molecule has 3 nitrogen and oxygen atoms in total. The van der Waals surface area contributed by atoms with Crippen LogP contribution in [0.3, 0.4) is 0 Å². The van der Waals surface area contributed by atoms with Crippen LogP contribution in [0.5, 0.6) is 0 Å². The van der Waals surface area contributed by atoms with E-state index in [1.54, 1.807) is 0 Å². The Kier molecular flexibility index (Phi) is 7.20. The number of hydrogen-bond donors (Lipinski definition) is 2. The largest absolute Gasteiger partial charge is 0.394 e. The molecule has 0 aromatic heterocycles. The van der Waals surface area contributed by atoms with Gasteiger partial charge in [-0.15, -0.1) is 0 Å². The summed E-state index contributed by atoms with van der Waals surface area (Å²) < 4.78 is 5.91. The van der Waals surface area contributed by atoms with E-state index in [1.807, 2.05) is 7.05 Å². The third-order valence-electron chi connectivity index (χ3n) is 4.40. The first kappa shape index (κ1) is 15.9. The molecule has 1 saturated carbocycles. The molecule has 3 heteroatoms. The molecule has 0 aromatic carbocycles. The minimum absolute atomic E-state index is 0.180. The van der Waals surface area contributed by atoms with E-state index in [2.05, 4.69) is 19.2 Å². The van der Waals surface area contributed by atoms with E-state index in [9.17, 15) is 5.11 Å². The summed E-state index contributed by atoms with van der Waals surface area (Å²) >= 11 is 0. The van der Waals surface area contributed by atoms with Gasteiger partial charge in [0.05, 0.1) is 18.8 Å². The second kappa shape index (κ2) is 8.13. The highest BCUT2D eigenvalue weighted by Crippen LogP contribution is 2.39. The van der Waals surface area contributed by atoms with Crippen LogP contribution in [0, 0.1) is 11.8 Å². The predicted molar refractivity (Wildman–Crippen MR) is 75.7 cm³/mol. The molecule has 0 radical (unpaired) electrons. The highest BCUT2D eigenvalue weighted by molar-refractivity contribution is 5.00. The summed E-state index contributed by atoms with van der Waals surface area (Å²) in [6.45, 7) is 6.14. The van der Waals surface area contributed by atoms with Gasteiger partial charge in [-0.3, -0.25) is 0 Å². The quantitative estimate of drug-likeness (QED) is 0.598. The van der Waals surface area contributed by atoms with Gasteiger partial charge in [-0.1, -0.05) is 33.1 Å². The highest BCUT2D eigenvalue weighted by Gasteiger charge is 2.44. The minimum Gasteiger partial charge on any atom is -0.394 e. The highest BCUT2D eigenvalue weighted by atomic mass is 16.5. The standard InChI is InChI=1S/C15H31NO2/c1-4-6-7-13(5-2)10-18-12-15(11-17,16-3)14-8-9-14/h13-14,16-17H,4-12H2,1-3H3. The number of rotatable bonds is 11. The minimum atomic E-state index is -0.191. The first-order chi connectivity index (χ1) is 8.72. The second-order valence-electron chi connectivity index (χ2n) is 5.77. The molecule has 2 unspecified atom stereocenters. The Bertz CT molecular complexity index is 213. The van der Waals surface area contributed by atoms with Crippen molar-refractivity contribution < 1.29 is 9.84 Å². The van der Waals surface area contributed by atoms with Crippen LogP contribution < -0.4 is 5.32 Å². The Morgan fingerprint density at radius 3 is 2.56 bits per heavy atom. The molecule has 0 spiro atoms. The molecule has 1 aliphatic rings. The molecule has 0 amide bonds. The zero-order valence-corrected chi connectivity index (χ0v) is 12.4. The maximum Gasteiger partial charge on any atom is 0.0676 e. The van der Waals surface area contributed by atoms with Crippen LogP contribution in [0.4, 0.5) is 0 Å². The lowest BCUT2D eigenvalue weighted by Crippen LogP contribution is -2.52. The average Bonchev–Trinajstić information content (AvgIpc) is 3.23. The van der Waals surface area contributed by atoms with Gasteiger partial charge in [-0.05, 0) is 38.1 Å². The predicted octanol–water partition coefficient (Wildman–Crippen LogP) is 2.58. The fraction of sp³-hybridized carbons (Fsp3) is 1.00. The average molecular weight is 257 g/mol. The van der Waals surface area contributed by atoms with Crippen molar-refractivity contribution in [3.05, 3.63) is 0 Å². The van der Waals surface area contributed by atoms with Crippen molar-refractivity contribution in [2.75, 3.05) is 26.9 Å². The van der Waals surface area contributed by atoms with Crippen LogP contribution >= 0.6 is 0 Å². The molecule has 1 rings (SSSR count). The fourth-order valence-electron chi connectivity index (χ4n) is 2.59. The van der Waals surface area contributed by atoms with Gasteiger partial charge < -0.3 is 15.2 Å². The number of unbranched alkanes of at least 4 members (excludes halogenated alkanes) is 1. The fourth-order valence-corrected chi connectivity index (χ4v) is 2.59. The van der Waals surface area contributed by atoms with E-state index in [1.165, 1.54) is 38.5 Å². The SMILES string of the molecule is CCCCC(CC)COCC(CO)(NC)C1CC1. The molecular formula is C15H31NO2. The number of aliphatic hydroxyl groups excluding tert-OH is 1. The molecule has 18 heavy (non-hydrogen) atoms. The Balaban J connectivity index is 2.29. The Morgan fingerprint density at radius 2 is 2.11 bits per heavy atom. The number of aliphatic hydroxyl groups is 1. The molecular weight excluding hydrogens is 226 g/mol. The molecule has 1 aliphatic carbocycles. The molecule has 0 aromatic rings. The molecule has 0 aliphatic heterocycles. The summed E-state index contributed by atoms with van der Waals surface area (Å²) in [5.74, 6) is 1.28. The second-order valence-corrected chi connectivity index (χ2v) is 5.77. The van der Waals surface area contributed by atoms with Crippen molar-refractivity contribution >= 4 is 0 Å². The molecule has 1 fully saturated rings. The van der Waals surface area contributed by atoms with Crippen molar-refractivity contribution in [2.45, 2.75) is 57.9 Å². The lowest BCUT2D eigenvalue weighted by atomic mass is 9.95. The smallest absolute Gasteiger partial charge is 0.0676 e. The summed E-state index contributed by atoms with van der Waals surface area (Å²) in [5, 5.41) is 12.9. The number of hydrogen-bond acceptors (Lipinski definition) is 3. The maximum absolute atomic E-state index is 9.61. The topological polar surface area (TPSA) is 41.5 Å².